The average Bonchev–Trinajstić information content (AvgIpc) is 2.75. The minimum Gasteiger partial charge on any atom is -0.497 e. The summed E-state index contributed by atoms with van der Waals surface area (Å²) >= 11 is 0. The molecule has 1 amide bonds. The molecule has 1 heterocycles. The molecule has 0 aliphatic rings. The van der Waals surface area contributed by atoms with Gasteiger partial charge in [0, 0.05) is 5.56 Å². The molecule has 0 fully saturated rings. The van der Waals surface area contributed by atoms with E-state index in [1.807, 2.05) is 0 Å². The summed E-state index contributed by atoms with van der Waals surface area (Å²) in [6.45, 7) is 1.45. The number of hydrogen-bond donors (Lipinski definition) is 1. The summed E-state index contributed by atoms with van der Waals surface area (Å²) < 4.78 is 19.2. The molecule has 0 spiro atoms. The fraction of sp³-hybridized carbons (Fsp3) is 0.0952. The highest BCUT2D eigenvalue weighted by Gasteiger charge is 2.20. The average molecular weight is 405 g/mol. The molecule has 150 valence electrons. The number of rotatable bonds is 5. The van der Waals surface area contributed by atoms with E-state index >= 15 is 0 Å². The van der Waals surface area contributed by atoms with Crippen molar-refractivity contribution in [3.8, 4) is 17.5 Å². The van der Waals surface area contributed by atoms with Gasteiger partial charge in [-0.3, -0.25) is 9.59 Å². The molecule has 3 aromatic rings. The van der Waals surface area contributed by atoms with Gasteiger partial charge in [-0.15, -0.1) is 0 Å². The van der Waals surface area contributed by atoms with Crippen molar-refractivity contribution in [1.82, 2.24) is 15.2 Å². The van der Waals surface area contributed by atoms with Crippen LogP contribution in [0.2, 0.25) is 0 Å². The molecule has 0 unspecified atom stereocenters. The first-order valence-corrected chi connectivity index (χ1v) is 8.72. The lowest BCUT2D eigenvalue weighted by Crippen LogP contribution is -2.31. The Bertz CT molecular complexity index is 1230. The van der Waals surface area contributed by atoms with Crippen LogP contribution in [0.5, 0.6) is 5.75 Å². The molecule has 0 atom stereocenters. The zero-order valence-corrected chi connectivity index (χ0v) is 16.1. The number of nitriles is 1. The third-order valence-electron chi connectivity index (χ3n) is 4.21. The molecule has 0 aliphatic heterocycles. The maximum absolute atomic E-state index is 13.2. The number of nitrogens with zero attached hydrogens (tertiary/aromatic N) is 4. The van der Waals surface area contributed by atoms with Crippen LogP contribution in [0.15, 0.2) is 58.4 Å². The predicted octanol–water partition coefficient (Wildman–Crippen LogP) is 2.32. The fourth-order valence-electron chi connectivity index (χ4n) is 2.65. The van der Waals surface area contributed by atoms with E-state index in [9.17, 15) is 19.2 Å². The van der Waals surface area contributed by atoms with E-state index in [0.717, 1.165) is 16.8 Å². The van der Waals surface area contributed by atoms with E-state index in [4.69, 9.17) is 4.74 Å². The number of carbonyl (C=O) groups excluding carboxylic acids is 1. The standard InChI is InChI=1S/C21H16FN5O3/c1-13-18(11-23)21(29)27(16-8-6-15(22)7-9-16)26-19(13)20(28)25-24-12-14-4-3-5-17(10-14)30-2/h3-10,12H,1-2H3,(H,25,28)/b24-12+. The Kier molecular flexibility index (Phi) is 5.98. The molecule has 2 aromatic carbocycles. The minimum atomic E-state index is -0.710. The maximum atomic E-state index is 13.2. The van der Waals surface area contributed by atoms with Gasteiger partial charge in [-0.2, -0.15) is 20.1 Å². The highest BCUT2D eigenvalue weighted by Crippen LogP contribution is 2.12. The predicted molar refractivity (Wildman–Crippen MR) is 107 cm³/mol. The van der Waals surface area contributed by atoms with Crippen molar-refractivity contribution in [3.05, 3.63) is 87.1 Å². The summed E-state index contributed by atoms with van der Waals surface area (Å²) in [6.07, 6.45) is 1.41. The van der Waals surface area contributed by atoms with Gasteiger partial charge in [-0.1, -0.05) is 12.1 Å². The van der Waals surface area contributed by atoms with E-state index in [1.165, 1.54) is 32.4 Å². The van der Waals surface area contributed by atoms with Crippen molar-refractivity contribution < 1.29 is 13.9 Å². The largest absolute Gasteiger partial charge is 0.497 e. The van der Waals surface area contributed by atoms with Crippen LogP contribution in [-0.2, 0) is 0 Å². The van der Waals surface area contributed by atoms with Gasteiger partial charge in [-0.05, 0) is 48.9 Å². The van der Waals surface area contributed by atoms with Gasteiger partial charge < -0.3 is 4.74 Å². The number of methoxy groups -OCH3 is 1. The molecule has 1 aromatic heterocycles. The summed E-state index contributed by atoms with van der Waals surface area (Å²) in [6, 6.07) is 13.8. The maximum Gasteiger partial charge on any atom is 0.292 e. The molecule has 1 N–H and O–H groups in total. The molecule has 0 aliphatic carbocycles. The molecule has 0 saturated carbocycles. The highest BCUT2D eigenvalue weighted by atomic mass is 19.1. The van der Waals surface area contributed by atoms with Crippen molar-refractivity contribution >= 4 is 12.1 Å². The van der Waals surface area contributed by atoms with Crippen LogP contribution in [0, 0.1) is 24.1 Å². The van der Waals surface area contributed by atoms with E-state index < -0.39 is 17.3 Å². The quantitative estimate of drug-likeness (QED) is 0.518. The lowest BCUT2D eigenvalue weighted by molar-refractivity contribution is 0.0947. The van der Waals surface area contributed by atoms with Crippen molar-refractivity contribution in [2.24, 2.45) is 5.10 Å². The summed E-state index contributed by atoms with van der Waals surface area (Å²) in [4.78, 5) is 25.2. The van der Waals surface area contributed by atoms with Crippen LogP contribution in [-0.4, -0.2) is 29.0 Å². The molecule has 9 heteroatoms. The van der Waals surface area contributed by atoms with Gasteiger partial charge in [0.05, 0.1) is 19.0 Å². The molecular formula is C21H16FN5O3. The van der Waals surface area contributed by atoms with E-state index in [-0.39, 0.29) is 22.5 Å². The van der Waals surface area contributed by atoms with Crippen molar-refractivity contribution in [3.63, 3.8) is 0 Å². The van der Waals surface area contributed by atoms with Crippen LogP contribution in [0.3, 0.4) is 0 Å². The van der Waals surface area contributed by atoms with Crippen LogP contribution >= 0.6 is 0 Å². The Morgan fingerprint density at radius 2 is 2.03 bits per heavy atom. The Hall–Kier alpha value is -4.32. The zero-order chi connectivity index (χ0) is 21.7. The van der Waals surface area contributed by atoms with E-state index in [2.05, 4.69) is 15.6 Å². The smallest absolute Gasteiger partial charge is 0.292 e. The Balaban J connectivity index is 1.94. The monoisotopic (exact) mass is 405 g/mol. The summed E-state index contributed by atoms with van der Waals surface area (Å²) in [7, 11) is 1.54. The van der Waals surface area contributed by atoms with Crippen molar-refractivity contribution in [2.45, 2.75) is 6.92 Å². The first-order valence-electron chi connectivity index (χ1n) is 8.72. The number of hydrogen-bond acceptors (Lipinski definition) is 6. The molecule has 0 saturated heterocycles. The second-order valence-electron chi connectivity index (χ2n) is 6.13. The number of benzene rings is 2. The lowest BCUT2D eigenvalue weighted by atomic mass is 10.1. The first kappa shape index (κ1) is 20.4. The number of aromatic nitrogens is 2. The number of hydrazone groups is 1. The summed E-state index contributed by atoms with van der Waals surface area (Å²) in [5.74, 6) is -0.573. The minimum absolute atomic E-state index is 0.120. The van der Waals surface area contributed by atoms with Crippen LogP contribution in [0.4, 0.5) is 4.39 Å². The topological polar surface area (TPSA) is 109 Å². The zero-order valence-electron chi connectivity index (χ0n) is 16.1. The van der Waals surface area contributed by atoms with E-state index in [1.54, 1.807) is 30.3 Å². The molecular weight excluding hydrogens is 389 g/mol. The second kappa shape index (κ2) is 8.79. The second-order valence-corrected chi connectivity index (χ2v) is 6.13. The van der Waals surface area contributed by atoms with Gasteiger partial charge in [0.2, 0.25) is 0 Å². The number of ether oxygens (including phenoxy) is 1. The molecule has 3 rings (SSSR count). The number of halogens is 1. The number of amides is 1. The normalized spacial score (nSPS) is 10.6. The third-order valence-corrected chi connectivity index (χ3v) is 4.21. The summed E-state index contributed by atoms with van der Waals surface area (Å²) in [5, 5.41) is 17.3. The van der Waals surface area contributed by atoms with Gasteiger partial charge in [0.25, 0.3) is 11.5 Å². The van der Waals surface area contributed by atoms with Crippen molar-refractivity contribution in [2.75, 3.05) is 7.11 Å². The number of nitrogens with one attached hydrogen (secondary N) is 1. The van der Waals surface area contributed by atoms with Crippen LogP contribution < -0.4 is 15.7 Å². The SMILES string of the molecule is COc1cccc(/C=N/NC(=O)c2nn(-c3ccc(F)cc3)c(=O)c(C#N)c2C)c1. The van der Waals surface area contributed by atoms with E-state index in [0.29, 0.717) is 11.3 Å². The van der Waals surface area contributed by atoms with Crippen LogP contribution in [0.25, 0.3) is 5.69 Å². The van der Waals surface area contributed by atoms with Gasteiger partial charge in [-0.25, -0.2) is 9.82 Å². The van der Waals surface area contributed by atoms with Crippen molar-refractivity contribution in [1.29, 1.82) is 5.26 Å². The third kappa shape index (κ3) is 4.23. The molecule has 0 radical (unpaired) electrons. The first-order chi connectivity index (χ1) is 14.4. The van der Waals surface area contributed by atoms with Gasteiger partial charge in [0.15, 0.2) is 5.69 Å². The molecule has 30 heavy (non-hydrogen) atoms. The lowest BCUT2D eigenvalue weighted by Gasteiger charge is -2.10. The van der Waals surface area contributed by atoms with Gasteiger partial charge >= 0.3 is 0 Å². The van der Waals surface area contributed by atoms with Crippen LogP contribution in [0.1, 0.15) is 27.2 Å². The fourth-order valence-corrected chi connectivity index (χ4v) is 2.65. The Morgan fingerprint density at radius 1 is 1.30 bits per heavy atom. The summed E-state index contributed by atoms with van der Waals surface area (Å²) in [5.41, 5.74) is 2.25. The molecule has 8 nitrogen and oxygen atoms in total. The Morgan fingerprint density at radius 3 is 2.70 bits per heavy atom. The number of carbonyl (C=O) groups is 1. The molecule has 0 bridgehead atoms. The Labute approximate surface area is 170 Å². The highest BCUT2D eigenvalue weighted by molar-refractivity contribution is 5.94. The van der Waals surface area contributed by atoms with Gasteiger partial charge in [0.1, 0.15) is 23.2 Å².